The summed E-state index contributed by atoms with van der Waals surface area (Å²) in [6, 6.07) is 0. The van der Waals surface area contributed by atoms with E-state index in [1.165, 1.54) is 7.11 Å². The van der Waals surface area contributed by atoms with Crippen LogP contribution in [0.25, 0.3) is 0 Å². The molecule has 0 spiro atoms. The standard InChI is InChI=1S/C12H18N2O6S/c1-3-19-12(15)10(8-4-5-21(16,17)7-8)11-13-9(6-18-2)14-20-11/h8,10H,3-7H2,1-2H3. The number of methoxy groups -OCH3 is 1. The van der Waals surface area contributed by atoms with Gasteiger partial charge in [-0.15, -0.1) is 0 Å². The van der Waals surface area contributed by atoms with Crippen LogP contribution in [-0.2, 0) is 30.7 Å². The number of sulfone groups is 1. The van der Waals surface area contributed by atoms with Crippen LogP contribution in [0.2, 0.25) is 0 Å². The summed E-state index contributed by atoms with van der Waals surface area (Å²) in [4.78, 5) is 16.2. The average molecular weight is 318 g/mol. The summed E-state index contributed by atoms with van der Waals surface area (Å²) in [5.74, 6) is -1.40. The minimum Gasteiger partial charge on any atom is -0.465 e. The number of hydrogen-bond acceptors (Lipinski definition) is 8. The quantitative estimate of drug-likeness (QED) is 0.689. The number of rotatable bonds is 6. The zero-order chi connectivity index (χ0) is 15.5. The Morgan fingerprint density at radius 3 is 2.86 bits per heavy atom. The van der Waals surface area contributed by atoms with Gasteiger partial charge in [-0.05, 0) is 19.3 Å². The molecule has 1 aliphatic rings. The third-order valence-corrected chi connectivity index (χ3v) is 5.10. The second kappa shape index (κ2) is 6.52. The highest BCUT2D eigenvalue weighted by Gasteiger charge is 2.42. The van der Waals surface area contributed by atoms with Gasteiger partial charge in [0.15, 0.2) is 15.7 Å². The van der Waals surface area contributed by atoms with E-state index in [0.717, 1.165) is 0 Å². The summed E-state index contributed by atoms with van der Waals surface area (Å²) in [7, 11) is -1.63. The molecule has 0 N–H and O–H groups in total. The van der Waals surface area contributed by atoms with Crippen molar-refractivity contribution in [2.45, 2.75) is 25.9 Å². The monoisotopic (exact) mass is 318 g/mol. The smallest absolute Gasteiger partial charge is 0.318 e. The van der Waals surface area contributed by atoms with Crippen LogP contribution in [0.1, 0.15) is 31.0 Å². The summed E-state index contributed by atoms with van der Waals surface area (Å²) in [5, 5.41) is 3.71. The summed E-state index contributed by atoms with van der Waals surface area (Å²) >= 11 is 0. The van der Waals surface area contributed by atoms with Gasteiger partial charge in [0.25, 0.3) is 0 Å². The van der Waals surface area contributed by atoms with Crippen LogP contribution < -0.4 is 0 Å². The molecule has 1 aromatic heterocycles. The molecule has 9 heteroatoms. The number of ether oxygens (including phenoxy) is 2. The lowest BCUT2D eigenvalue weighted by Gasteiger charge is -2.16. The highest BCUT2D eigenvalue weighted by atomic mass is 32.2. The fourth-order valence-electron chi connectivity index (χ4n) is 2.40. The first kappa shape index (κ1) is 15.9. The van der Waals surface area contributed by atoms with Gasteiger partial charge in [0.05, 0.1) is 18.1 Å². The Kier molecular flexibility index (Phi) is 4.94. The molecule has 0 aromatic carbocycles. The molecular formula is C12H18N2O6S. The molecule has 2 rings (SSSR count). The molecule has 1 aromatic rings. The number of esters is 1. The normalized spacial score (nSPS) is 22.1. The van der Waals surface area contributed by atoms with E-state index in [-0.39, 0.29) is 30.6 Å². The highest BCUT2D eigenvalue weighted by Crippen LogP contribution is 2.33. The van der Waals surface area contributed by atoms with Crippen LogP contribution in [-0.4, -0.2) is 49.8 Å². The molecule has 2 atom stereocenters. The first-order chi connectivity index (χ1) is 9.96. The molecule has 118 valence electrons. The minimum absolute atomic E-state index is 0.0621. The predicted molar refractivity (Wildman–Crippen MR) is 71.1 cm³/mol. The van der Waals surface area contributed by atoms with E-state index in [0.29, 0.717) is 12.2 Å². The molecule has 1 saturated heterocycles. The summed E-state index contributed by atoms with van der Waals surface area (Å²) in [6.07, 6.45) is 0.383. The molecule has 0 bridgehead atoms. The third kappa shape index (κ3) is 3.79. The lowest BCUT2D eigenvalue weighted by molar-refractivity contribution is -0.146. The van der Waals surface area contributed by atoms with E-state index in [1.54, 1.807) is 6.92 Å². The zero-order valence-electron chi connectivity index (χ0n) is 11.9. The number of aromatic nitrogens is 2. The maximum atomic E-state index is 12.1. The van der Waals surface area contributed by atoms with Crippen molar-refractivity contribution in [3.8, 4) is 0 Å². The fourth-order valence-corrected chi connectivity index (χ4v) is 4.24. The van der Waals surface area contributed by atoms with Gasteiger partial charge in [0, 0.05) is 7.11 Å². The van der Waals surface area contributed by atoms with Crippen molar-refractivity contribution in [2.24, 2.45) is 5.92 Å². The van der Waals surface area contributed by atoms with Crippen molar-refractivity contribution >= 4 is 15.8 Å². The number of carbonyl (C=O) groups is 1. The van der Waals surface area contributed by atoms with Gasteiger partial charge >= 0.3 is 5.97 Å². The largest absolute Gasteiger partial charge is 0.465 e. The molecule has 21 heavy (non-hydrogen) atoms. The second-order valence-electron chi connectivity index (χ2n) is 4.87. The topological polar surface area (TPSA) is 109 Å². The summed E-state index contributed by atoms with van der Waals surface area (Å²) < 4.78 is 38.2. The Hall–Kier alpha value is -1.48. The Morgan fingerprint density at radius 1 is 1.52 bits per heavy atom. The van der Waals surface area contributed by atoms with E-state index in [4.69, 9.17) is 14.0 Å². The van der Waals surface area contributed by atoms with Crippen molar-refractivity contribution in [3.05, 3.63) is 11.7 Å². The second-order valence-corrected chi connectivity index (χ2v) is 7.10. The molecule has 1 aliphatic heterocycles. The van der Waals surface area contributed by atoms with Crippen LogP contribution in [0.3, 0.4) is 0 Å². The van der Waals surface area contributed by atoms with E-state index in [1.807, 2.05) is 0 Å². The van der Waals surface area contributed by atoms with Gasteiger partial charge in [-0.1, -0.05) is 5.16 Å². The van der Waals surface area contributed by atoms with E-state index in [2.05, 4.69) is 10.1 Å². The van der Waals surface area contributed by atoms with Crippen LogP contribution >= 0.6 is 0 Å². The van der Waals surface area contributed by atoms with Crippen LogP contribution in [0.15, 0.2) is 4.52 Å². The molecule has 2 unspecified atom stereocenters. The predicted octanol–water partition coefficient (Wildman–Crippen LogP) is 0.297. The van der Waals surface area contributed by atoms with E-state index in [9.17, 15) is 13.2 Å². The Balaban J connectivity index is 2.25. The minimum atomic E-state index is -3.12. The molecule has 0 amide bonds. The van der Waals surface area contributed by atoms with Crippen LogP contribution in [0.4, 0.5) is 0 Å². The highest BCUT2D eigenvalue weighted by molar-refractivity contribution is 7.91. The Bertz CT molecular complexity index is 597. The lowest BCUT2D eigenvalue weighted by atomic mass is 9.91. The number of carbonyl (C=O) groups excluding carboxylic acids is 1. The molecule has 0 aliphatic carbocycles. The van der Waals surface area contributed by atoms with Gasteiger partial charge in [0.2, 0.25) is 5.89 Å². The van der Waals surface area contributed by atoms with E-state index >= 15 is 0 Å². The summed E-state index contributed by atoms with van der Waals surface area (Å²) in [5.41, 5.74) is 0. The van der Waals surface area contributed by atoms with Gasteiger partial charge in [-0.2, -0.15) is 4.98 Å². The molecular weight excluding hydrogens is 300 g/mol. The number of nitrogens with zero attached hydrogens (tertiary/aromatic N) is 2. The summed E-state index contributed by atoms with van der Waals surface area (Å²) in [6.45, 7) is 2.04. The molecule has 1 fully saturated rings. The van der Waals surface area contributed by atoms with Crippen molar-refractivity contribution in [1.82, 2.24) is 10.1 Å². The lowest BCUT2D eigenvalue weighted by Crippen LogP contribution is -2.25. The van der Waals surface area contributed by atoms with Crippen molar-refractivity contribution in [2.75, 3.05) is 25.2 Å². The van der Waals surface area contributed by atoms with Crippen LogP contribution in [0.5, 0.6) is 0 Å². The molecule has 0 radical (unpaired) electrons. The average Bonchev–Trinajstić information content (AvgIpc) is 2.98. The molecule has 8 nitrogen and oxygen atoms in total. The zero-order valence-corrected chi connectivity index (χ0v) is 12.8. The first-order valence-electron chi connectivity index (χ1n) is 6.65. The van der Waals surface area contributed by atoms with Crippen molar-refractivity contribution in [1.29, 1.82) is 0 Å². The van der Waals surface area contributed by atoms with Gasteiger partial charge in [0.1, 0.15) is 12.5 Å². The van der Waals surface area contributed by atoms with Crippen molar-refractivity contribution < 1.29 is 27.2 Å². The van der Waals surface area contributed by atoms with E-state index < -0.39 is 27.6 Å². The van der Waals surface area contributed by atoms with Gasteiger partial charge in [-0.25, -0.2) is 8.42 Å². The molecule has 2 heterocycles. The maximum absolute atomic E-state index is 12.1. The Morgan fingerprint density at radius 2 is 2.29 bits per heavy atom. The van der Waals surface area contributed by atoms with Crippen LogP contribution in [0, 0.1) is 5.92 Å². The van der Waals surface area contributed by atoms with Crippen molar-refractivity contribution in [3.63, 3.8) is 0 Å². The Labute approximate surface area is 122 Å². The first-order valence-corrected chi connectivity index (χ1v) is 8.47. The SMILES string of the molecule is CCOC(=O)C(c1nc(COC)no1)C1CCS(=O)(=O)C1. The van der Waals surface area contributed by atoms with Gasteiger partial charge < -0.3 is 14.0 Å². The van der Waals surface area contributed by atoms with Gasteiger partial charge in [-0.3, -0.25) is 4.79 Å². The molecule has 0 saturated carbocycles. The fraction of sp³-hybridized carbons (Fsp3) is 0.750. The number of hydrogen-bond donors (Lipinski definition) is 0. The maximum Gasteiger partial charge on any atom is 0.318 e. The third-order valence-electron chi connectivity index (χ3n) is 3.30.